The minimum Gasteiger partial charge on any atom is -0.447 e. The van der Waals surface area contributed by atoms with Crippen LogP contribution in [0.3, 0.4) is 0 Å². The van der Waals surface area contributed by atoms with E-state index in [0.29, 0.717) is 13.0 Å². The van der Waals surface area contributed by atoms with Crippen LogP contribution in [0.15, 0.2) is 0 Å². The molecule has 2 fully saturated rings. The summed E-state index contributed by atoms with van der Waals surface area (Å²) in [6, 6.07) is 0. The molecule has 7 heteroatoms. The predicted molar refractivity (Wildman–Crippen MR) is 82.6 cm³/mol. The summed E-state index contributed by atoms with van der Waals surface area (Å²) in [4.78, 5) is 16.3. The Bertz CT molecular complexity index is 335. The number of piperazine rings is 1. The second kappa shape index (κ2) is 9.29. The van der Waals surface area contributed by atoms with Crippen LogP contribution in [0, 0.1) is 0 Å². The molecular formula is C15H29N3O4. The summed E-state index contributed by atoms with van der Waals surface area (Å²) in [6.07, 6.45) is 2.03. The molecule has 1 amide bonds. The van der Waals surface area contributed by atoms with Crippen LogP contribution in [-0.2, 0) is 9.47 Å². The molecule has 2 unspecified atom stereocenters. The highest BCUT2D eigenvalue weighted by Crippen LogP contribution is 2.17. The van der Waals surface area contributed by atoms with Gasteiger partial charge in [0.15, 0.2) is 6.29 Å². The number of nitrogens with zero attached hydrogens (tertiary/aromatic N) is 2. The largest absolute Gasteiger partial charge is 0.447 e. The molecule has 0 saturated carbocycles. The maximum atomic E-state index is 11.6. The van der Waals surface area contributed by atoms with E-state index in [0.717, 1.165) is 52.0 Å². The van der Waals surface area contributed by atoms with Crippen LogP contribution in [0.4, 0.5) is 4.79 Å². The van der Waals surface area contributed by atoms with Crippen molar-refractivity contribution in [3.8, 4) is 0 Å². The van der Waals surface area contributed by atoms with Gasteiger partial charge in [-0.25, -0.2) is 4.79 Å². The fraction of sp³-hybridized carbons (Fsp3) is 0.933. The van der Waals surface area contributed by atoms with E-state index >= 15 is 0 Å². The molecule has 2 saturated heterocycles. The Morgan fingerprint density at radius 1 is 1.32 bits per heavy atom. The van der Waals surface area contributed by atoms with Gasteiger partial charge in [0, 0.05) is 32.7 Å². The van der Waals surface area contributed by atoms with E-state index in [1.165, 1.54) is 0 Å². The third kappa shape index (κ3) is 6.48. The maximum Gasteiger partial charge on any atom is 0.407 e. The van der Waals surface area contributed by atoms with Crippen LogP contribution in [0.2, 0.25) is 0 Å². The predicted octanol–water partition coefficient (Wildman–Crippen LogP) is 0.238. The van der Waals surface area contributed by atoms with Crippen molar-refractivity contribution in [1.82, 2.24) is 15.1 Å². The Hall–Kier alpha value is -0.890. The van der Waals surface area contributed by atoms with Gasteiger partial charge >= 0.3 is 6.09 Å². The average Bonchev–Trinajstić information content (AvgIpc) is 2.51. The second-order valence-corrected chi connectivity index (χ2v) is 6.17. The van der Waals surface area contributed by atoms with Crippen molar-refractivity contribution < 1.29 is 19.4 Å². The van der Waals surface area contributed by atoms with Crippen LogP contribution in [0.25, 0.3) is 0 Å². The van der Waals surface area contributed by atoms with Gasteiger partial charge in [-0.15, -0.1) is 0 Å². The highest BCUT2D eigenvalue weighted by molar-refractivity contribution is 5.67. The number of alkyl carbamates (subject to hydrolysis) is 1. The third-order valence-electron chi connectivity index (χ3n) is 4.24. The molecule has 0 aromatic carbocycles. The number of hydrogen-bond donors (Lipinski definition) is 2. The van der Waals surface area contributed by atoms with Gasteiger partial charge in [0.1, 0.15) is 6.61 Å². The minimum atomic E-state index is -0.714. The number of aliphatic hydroxyl groups is 1. The fourth-order valence-corrected chi connectivity index (χ4v) is 2.79. The molecule has 2 aliphatic rings. The lowest BCUT2D eigenvalue weighted by Gasteiger charge is -2.32. The van der Waals surface area contributed by atoms with Crippen LogP contribution in [0.5, 0.6) is 0 Å². The van der Waals surface area contributed by atoms with Gasteiger partial charge in [-0.2, -0.15) is 0 Å². The third-order valence-corrected chi connectivity index (χ3v) is 4.24. The van der Waals surface area contributed by atoms with Crippen molar-refractivity contribution in [3.63, 3.8) is 0 Å². The van der Waals surface area contributed by atoms with E-state index in [2.05, 4.69) is 22.2 Å². The van der Waals surface area contributed by atoms with Crippen molar-refractivity contribution in [2.45, 2.75) is 38.1 Å². The summed E-state index contributed by atoms with van der Waals surface area (Å²) in [5.41, 5.74) is 0. The number of amides is 1. The van der Waals surface area contributed by atoms with Crippen LogP contribution in [-0.4, -0.2) is 86.3 Å². The molecule has 2 atom stereocenters. The Morgan fingerprint density at radius 2 is 2.09 bits per heavy atom. The van der Waals surface area contributed by atoms with E-state index in [1.54, 1.807) is 0 Å². The first-order valence-corrected chi connectivity index (χ1v) is 8.28. The normalized spacial score (nSPS) is 27.5. The lowest BCUT2D eigenvalue weighted by atomic mass is 10.1. The molecule has 0 aromatic rings. The van der Waals surface area contributed by atoms with Gasteiger partial charge in [0.05, 0.1) is 6.10 Å². The smallest absolute Gasteiger partial charge is 0.407 e. The first kappa shape index (κ1) is 17.5. The quantitative estimate of drug-likeness (QED) is 0.684. The summed E-state index contributed by atoms with van der Waals surface area (Å²) in [5, 5.41) is 12.1. The van der Waals surface area contributed by atoms with E-state index in [1.807, 2.05) is 0 Å². The minimum absolute atomic E-state index is 0.181. The van der Waals surface area contributed by atoms with Gasteiger partial charge < -0.3 is 29.7 Å². The lowest BCUT2D eigenvalue weighted by molar-refractivity contribution is -0.172. The standard InChI is InChI=1S/C15H29N3O4/c1-17-8-10-18(11-9-17)7-3-6-16-15(20)21-12-13-4-2-5-14(19)22-13/h13-14,19H,2-12H2,1H3,(H,16,20). The zero-order valence-electron chi connectivity index (χ0n) is 13.5. The van der Waals surface area contributed by atoms with Crippen molar-refractivity contribution in [1.29, 1.82) is 0 Å². The lowest BCUT2D eigenvalue weighted by Crippen LogP contribution is -2.45. The van der Waals surface area contributed by atoms with Crippen LogP contribution >= 0.6 is 0 Å². The Kier molecular flexibility index (Phi) is 7.38. The summed E-state index contributed by atoms with van der Waals surface area (Å²) in [7, 11) is 2.14. The highest BCUT2D eigenvalue weighted by Gasteiger charge is 2.21. The van der Waals surface area contributed by atoms with E-state index in [4.69, 9.17) is 9.47 Å². The fourth-order valence-electron chi connectivity index (χ4n) is 2.79. The molecule has 0 aliphatic carbocycles. The molecule has 0 aromatic heterocycles. The molecule has 0 bridgehead atoms. The number of ether oxygens (including phenoxy) is 2. The van der Waals surface area contributed by atoms with Crippen molar-refractivity contribution >= 4 is 6.09 Å². The number of hydrogen-bond acceptors (Lipinski definition) is 6. The molecule has 7 nitrogen and oxygen atoms in total. The molecule has 2 rings (SSSR count). The molecule has 0 radical (unpaired) electrons. The first-order chi connectivity index (χ1) is 10.6. The Balaban J connectivity index is 1.47. The number of carbonyl (C=O) groups is 1. The molecule has 22 heavy (non-hydrogen) atoms. The molecule has 0 spiro atoms. The molecule has 2 N–H and O–H groups in total. The average molecular weight is 315 g/mol. The summed E-state index contributed by atoms with van der Waals surface area (Å²) in [6.45, 7) is 6.27. The number of nitrogens with one attached hydrogen (secondary N) is 1. The van der Waals surface area contributed by atoms with Crippen LogP contribution in [0.1, 0.15) is 25.7 Å². The van der Waals surface area contributed by atoms with Gasteiger partial charge in [-0.3, -0.25) is 0 Å². The number of likely N-dealkylation sites (N-methyl/N-ethyl adjacent to an activating group) is 1. The number of aliphatic hydroxyl groups excluding tert-OH is 1. The zero-order valence-corrected chi connectivity index (χ0v) is 13.5. The van der Waals surface area contributed by atoms with Crippen molar-refractivity contribution in [2.24, 2.45) is 0 Å². The monoisotopic (exact) mass is 315 g/mol. The maximum absolute atomic E-state index is 11.6. The molecule has 128 valence electrons. The van der Waals surface area contributed by atoms with Gasteiger partial charge in [-0.05, 0) is 39.3 Å². The Labute approximate surface area is 132 Å². The Morgan fingerprint density at radius 3 is 2.82 bits per heavy atom. The topological polar surface area (TPSA) is 74.3 Å². The van der Waals surface area contributed by atoms with Gasteiger partial charge in [-0.1, -0.05) is 0 Å². The summed E-state index contributed by atoms with van der Waals surface area (Å²) < 4.78 is 10.4. The number of carbonyl (C=O) groups excluding carboxylic acids is 1. The van der Waals surface area contributed by atoms with E-state index < -0.39 is 12.4 Å². The van der Waals surface area contributed by atoms with E-state index in [-0.39, 0.29) is 12.7 Å². The SMILES string of the molecule is CN1CCN(CCCNC(=O)OCC2CCCC(O)O2)CC1. The van der Waals surface area contributed by atoms with Gasteiger partial charge in [0.2, 0.25) is 0 Å². The van der Waals surface area contributed by atoms with Crippen molar-refractivity contribution in [3.05, 3.63) is 0 Å². The molecular weight excluding hydrogens is 286 g/mol. The molecule has 2 aliphatic heterocycles. The summed E-state index contributed by atoms with van der Waals surface area (Å²) >= 11 is 0. The summed E-state index contributed by atoms with van der Waals surface area (Å²) in [5.74, 6) is 0. The number of rotatable bonds is 6. The van der Waals surface area contributed by atoms with E-state index in [9.17, 15) is 9.90 Å². The first-order valence-electron chi connectivity index (χ1n) is 8.28. The zero-order chi connectivity index (χ0) is 15.8. The highest BCUT2D eigenvalue weighted by atomic mass is 16.6. The second-order valence-electron chi connectivity index (χ2n) is 6.17. The van der Waals surface area contributed by atoms with Crippen LogP contribution < -0.4 is 5.32 Å². The van der Waals surface area contributed by atoms with Crippen molar-refractivity contribution in [2.75, 3.05) is 52.9 Å². The molecule has 2 heterocycles. The van der Waals surface area contributed by atoms with Gasteiger partial charge in [0.25, 0.3) is 0 Å².